The van der Waals surface area contributed by atoms with Crippen LogP contribution in [0.3, 0.4) is 0 Å². The molecule has 0 heterocycles. The molecule has 5 N–H and O–H groups in total. The van der Waals surface area contributed by atoms with Gasteiger partial charge in [0, 0.05) is 40.0 Å². The van der Waals surface area contributed by atoms with Crippen LogP contribution >= 0.6 is 0 Å². The molecule has 0 radical (unpaired) electrons. The fourth-order valence-electron chi connectivity index (χ4n) is 3.38. The Balaban J connectivity index is 2.63. The molecule has 0 aromatic heterocycles. The van der Waals surface area contributed by atoms with Crippen LogP contribution in [0.1, 0.15) is 57.3 Å². The van der Waals surface area contributed by atoms with Crippen LogP contribution in [0.4, 0.5) is 0 Å². The Morgan fingerprint density at radius 3 is 2.34 bits per heavy atom. The molecule has 0 saturated carbocycles. The summed E-state index contributed by atoms with van der Waals surface area (Å²) >= 11 is 0. The Morgan fingerprint density at radius 1 is 1.06 bits per heavy atom. The summed E-state index contributed by atoms with van der Waals surface area (Å²) in [6, 6.07) is 6.61. The third-order valence-corrected chi connectivity index (χ3v) is 6.20. The van der Waals surface area contributed by atoms with E-state index in [1.54, 1.807) is 39.2 Å². The van der Waals surface area contributed by atoms with E-state index in [9.17, 15) is 14.7 Å². The van der Waals surface area contributed by atoms with Gasteiger partial charge in [0.15, 0.2) is 0 Å². The Bertz CT molecular complexity index is 771. The minimum Gasteiger partial charge on any atom is -0.493 e. The lowest BCUT2D eigenvalue weighted by atomic mass is 9.87. The van der Waals surface area contributed by atoms with Gasteiger partial charge in [0.2, 0.25) is 0 Å². The molecule has 1 aromatic rings. The number of methoxy groups -OCH3 is 2. The SMILES string of the molecule is COCCCCOc1ccccc1C(=O)NC[C@@H](C[C@H](N)[C@@H](O)CNC(=O)C(C)(C)OC)C(C)C. The van der Waals surface area contributed by atoms with Crippen molar-refractivity contribution < 1.29 is 28.9 Å². The molecule has 1 aromatic carbocycles. The van der Waals surface area contributed by atoms with Crippen LogP contribution < -0.4 is 21.1 Å². The van der Waals surface area contributed by atoms with Gasteiger partial charge in [-0.15, -0.1) is 0 Å². The summed E-state index contributed by atoms with van der Waals surface area (Å²) < 4.78 is 16.0. The average Bonchev–Trinajstić information content (AvgIpc) is 2.84. The van der Waals surface area contributed by atoms with Crippen LogP contribution in [-0.4, -0.2) is 75.2 Å². The maximum absolute atomic E-state index is 12.9. The number of rotatable bonds is 17. The average molecular weight is 496 g/mol. The van der Waals surface area contributed by atoms with Crippen LogP contribution in [0.2, 0.25) is 0 Å². The number of para-hydroxylation sites is 1. The van der Waals surface area contributed by atoms with Crippen molar-refractivity contribution in [2.24, 2.45) is 17.6 Å². The van der Waals surface area contributed by atoms with E-state index in [0.717, 1.165) is 12.8 Å². The maximum Gasteiger partial charge on any atom is 0.255 e. The number of nitrogens with two attached hydrogens (primary N) is 1. The molecule has 9 heteroatoms. The van der Waals surface area contributed by atoms with E-state index in [-0.39, 0.29) is 30.2 Å². The zero-order valence-electron chi connectivity index (χ0n) is 22.1. The summed E-state index contributed by atoms with van der Waals surface area (Å²) in [5.74, 6) is 0.273. The van der Waals surface area contributed by atoms with E-state index in [2.05, 4.69) is 24.5 Å². The molecule has 0 bridgehead atoms. The number of amides is 2. The fourth-order valence-corrected chi connectivity index (χ4v) is 3.38. The summed E-state index contributed by atoms with van der Waals surface area (Å²) in [4.78, 5) is 25.1. The highest BCUT2D eigenvalue weighted by molar-refractivity contribution is 5.96. The van der Waals surface area contributed by atoms with Crippen LogP contribution in [0, 0.1) is 11.8 Å². The summed E-state index contributed by atoms with van der Waals surface area (Å²) in [6.07, 6.45) is 1.29. The van der Waals surface area contributed by atoms with Crippen molar-refractivity contribution in [3.63, 3.8) is 0 Å². The van der Waals surface area contributed by atoms with Gasteiger partial charge in [-0.1, -0.05) is 26.0 Å². The van der Waals surface area contributed by atoms with Gasteiger partial charge in [-0.05, 0) is 57.1 Å². The Labute approximate surface area is 210 Å². The molecule has 0 aliphatic rings. The molecule has 0 fully saturated rings. The highest BCUT2D eigenvalue weighted by Crippen LogP contribution is 2.20. The quantitative estimate of drug-likeness (QED) is 0.243. The van der Waals surface area contributed by atoms with Crippen molar-refractivity contribution in [1.82, 2.24) is 10.6 Å². The highest BCUT2D eigenvalue weighted by atomic mass is 16.5. The summed E-state index contributed by atoms with van der Waals surface area (Å²) in [5.41, 5.74) is 5.73. The molecule has 0 aliphatic carbocycles. The monoisotopic (exact) mass is 495 g/mol. The van der Waals surface area contributed by atoms with Crippen molar-refractivity contribution in [3.05, 3.63) is 29.8 Å². The number of aliphatic hydroxyl groups is 1. The maximum atomic E-state index is 12.9. The lowest BCUT2D eigenvalue weighted by Gasteiger charge is -2.28. The van der Waals surface area contributed by atoms with Crippen LogP contribution in [-0.2, 0) is 14.3 Å². The van der Waals surface area contributed by atoms with Gasteiger partial charge in [-0.3, -0.25) is 9.59 Å². The topological polar surface area (TPSA) is 132 Å². The Hall–Kier alpha value is -2.20. The molecule has 0 spiro atoms. The number of hydrogen-bond donors (Lipinski definition) is 4. The lowest BCUT2D eigenvalue weighted by Crippen LogP contribution is -2.50. The molecule has 200 valence electrons. The second-order valence-electron chi connectivity index (χ2n) is 9.65. The molecule has 3 atom stereocenters. The Kier molecular flexibility index (Phi) is 13.9. The fraction of sp³-hybridized carbons (Fsp3) is 0.692. The number of nitrogens with one attached hydrogen (secondary N) is 2. The zero-order valence-corrected chi connectivity index (χ0v) is 22.1. The minimum atomic E-state index is -0.988. The normalized spacial score (nSPS) is 14.3. The molecule has 9 nitrogen and oxygen atoms in total. The zero-order chi connectivity index (χ0) is 26.4. The largest absolute Gasteiger partial charge is 0.493 e. The molecular formula is C26H45N3O6. The first-order chi connectivity index (χ1) is 16.5. The number of carbonyl (C=O) groups excluding carboxylic acids is 2. The van der Waals surface area contributed by atoms with Crippen LogP contribution in [0.5, 0.6) is 5.75 Å². The van der Waals surface area contributed by atoms with E-state index in [1.807, 2.05) is 6.07 Å². The first-order valence-corrected chi connectivity index (χ1v) is 12.3. The predicted molar refractivity (Wildman–Crippen MR) is 136 cm³/mol. The number of unbranched alkanes of at least 4 members (excludes halogenated alkanes) is 1. The van der Waals surface area contributed by atoms with Gasteiger partial charge in [0.25, 0.3) is 11.8 Å². The Morgan fingerprint density at radius 2 is 1.71 bits per heavy atom. The molecule has 2 amide bonds. The highest BCUT2D eigenvalue weighted by Gasteiger charge is 2.29. The van der Waals surface area contributed by atoms with Gasteiger partial charge in [-0.25, -0.2) is 0 Å². The van der Waals surface area contributed by atoms with Crippen LogP contribution in [0.15, 0.2) is 24.3 Å². The predicted octanol–water partition coefficient (Wildman–Crippen LogP) is 2.11. The van der Waals surface area contributed by atoms with Crippen molar-refractivity contribution >= 4 is 11.8 Å². The molecule has 1 rings (SSSR count). The minimum absolute atomic E-state index is 0.0268. The number of benzene rings is 1. The summed E-state index contributed by atoms with van der Waals surface area (Å²) in [5, 5.41) is 16.1. The van der Waals surface area contributed by atoms with Crippen molar-refractivity contribution in [2.75, 3.05) is 40.5 Å². The summed E-state index contributed by atoms with van der Waals surface area (Å²) in [7, 11) is 3.12. The molecule has 35 heavy (non-hydrogen) atoms. The molecule has 0 saturated heterocycles. The smallest absolute Gasteiger partial charge is 0.255 e. The first kappa shape index (κ1) is 30.8. The standard InChI is InChI=1S/C26H45N3O6/c1-18(2)19(15-21(27)22(30)17-29-25(32)26(3,4)34-6)16-28-24(31)20-11-7-8-12-23(20)35-14-10-9-13-33-5/h7-8,11-12,18-19,21-22,30H,9-10,13-17,27H2,1-6H3,(H,28,31)(H,29,32)/t19-,21+,22+/m1/s1. The van der Waals surface area contributed by atoms with Gasteiger partial charge in [0.05, 0.1) is 18.3 Å². The van der Waals surface area contributed by atoms with E-state index in [0.29, 0.717) is 37.5 Å². The van der Waals surface area contributed by atoms with Gasteiger partial charge < -0.3 is 35.7 Å². The van der Waals surface area contributed by atoms with Crippen LogP contribution in [0.25, 0.3) is 0 Å². The van der Waals surface area contributed by atoms with Gasteiger partial charge >= 0.3 is 0 Å². The molecular weight excluding hydrogens is 450 g/mol. The van der Waals surface area contributed by atoms with Gasteiger partial charge in [-0.2, -0.15) is 0 Å². The van der Waals surface area contributed by atoms with Gasteiger partial charge in [0.1, 0.15) is 11.4 Å². The van der Waals surface area contributed by atoms with Crippen molar-refractivity contribution in [1.29, 1.82) is 0 Å². The van der Waals surface area contributed by atoms with E-state index in [4.69, 9.17) is 19.9 Å². The molecule has 0 aliphatic heterocycles. The summed E-state index contributed by atoms with van der Waals surface area (Å²) in [6.45, 7) is 9.02. The third kappa shape index (κ3) is 10.9. The number of ether oxygens (including phenoxy) is 3. The molecule has 0 unspecified atom stereocenters. The number of carbonyl (C=O) groups is 2. The first-order valence-electron chi connectivity index (χ1n) is 12.3. The third-order valence-electron chi connectivity index (χ3n) is 6.20. The van der Waals surface area contributed by atoms with Crippen molar-refractivity contribution in [2.45, 2.75) is 64.7 Å². The second-order valence-corrected chi connectivity index (χ2v) is 9.65. The van der Waals surface area contributed by atoms with E-state index < -0.39 is 17.7 Å². The lowest BCUT2D eigenvalue weighted by molar-refractivity contribution is -0.140. The van der Waals surface area contributed by atoms with E-state index in [1.165, 1.54) is 7.11 Å². The van der Waals surface area contributed by atoms with E-state index >= 15 is 0 Å². The number of hydrogen-bond acceptors (Lipinski definition) is 7. The number of aliphatic hydroxyl groups excluding tert-OH is 1. The second kappa shape index (κ2) is 15.7. The van der Waals surface area contributed by atoms with Crippen molar-refractivity contribution in [3.8, 4) is 5.75 Å².